The molecule has 1 fully saturated rings. The lowest BCUT2D eigenvalue weighted by Crippen LogP contribution is -2.14. The van der Waals surface area contributed by atoms with Gasteiger partial charge in [0.05, 0.1) is 0 Å². The zero-order valence-electron chi connectivity index (χ0n) is 7.54. The largest absolute Gasteiger partial charge is 0.328 e. The van der Waals surface area contributed by atoms with Crippen molar-refractivity contribution in [1.29, 1.82) is 0 Å². The lowest BCUT2D eigenvalue weighted by atomic mass is 9.98. The Kier molecular flexibility index (Phi) is 2.89. The molecule has 0 unspecified atom stereocenters. The van der Waals surface area contributed by atoms with Crippen LogP contribution in [0.15, 0.2) is 24.3 Å². The molecule has 1 saturated carbocycles. The van der Waals surface area contributed by atoms with E-state index in [1.54, 1.807) is 0 Å². The van der Waals surface area contributed by atoms with Gasteiger partial charge in [0.2, 0.25) is 0 Å². The van der Waals surface area contributed by atoms with Gasteiger partial charge in [-0.25, -0.2) is 0 Å². The first kappa shape index (κ1) is 9.46. The van der Waals surface area contributed by atoms with Crippen LogP contribution in [0.1, 0.15) is 30.7 Å². The summed E-state index contributed by atoms with van der Waals surface area (Å²) in [4.78, 5) is 0. The molecule has 0 bridgehead atoms. The molecule has 1 nitrogen and oxygen atoms in total. The van der Waals surface area contributed by atoms with Crippen LogP contribution >= 0.6 is 22.6 Å². The van der Waals surface area contributed by atoms with E-state index in [2.05, 4.69) is 46.9 Å². The van der Waals surface area contributed by atoms with Crippen LogP contribution in [0, 0.1) is 3.57 Å². The van der Waals surface area contributed by atoms with E-state index in [4.69, 9.17) is 5.73 Å². The van der Waals surface area contributed by atoms with Crippen molar-refractivity contribution >= 4 is 22.6 Å². The summed E-state index contributed by atoms with van der Waals surface area (Å²) in [6, 6.07) is 9.08. The van der Waals surface area contributed by atoms with Gasteiger partial charge >= 0.3 is 0 Å². The van der Waals surface area contributed by atoms with Gasteiger partial charge in [0.1, 0.15) is 0 Å². The molecule has 0 spiro atoms. The second-order valence-corrected chi connectivity index (χ2v) is 4.95. The summed E-state index contributed by atoms with van der Waals surface area (Å²) in [7, 11) is 0. The van der Waals surface area contributed by atoms with E-state index in [-0.39, 0.29) is 0 Å². The van der Waals surface area contributed by atoms with Crippen LogP contribution in [0.3, 0.4) is 0 Å². The summed E-state index contributed by atoms with van der Waals surface area (Å²) in [5.41, 5.74) is 7.41. The number of nitrogens with two attached hydrogens (primary N) is 1. The zero-order chi connectivity index (χ0) is 9.26. The number of rotatable bonds is 1. The van der Waals surface area contributed by atoms with E-state index < -0.39 is 0 Å². The SMILES string of the molecule is N[C@@H]1CC[C@H](c2ccccc2I)C1. The highest BCUT2D eigenvalue weighted by molar-refractivity contribution is 14.1. The number of hydrogen-bond acceptors (Lipinski definition) is 1. The molecule has 1 aromatic carbocycles. The molecule has 13 heavy (non-hydrogen) atoms. The summed E-state index contributed by atoms with van der Waals surface area (Å²) in [6.45, 7) is 0. The van der Waals surface area contributed by atoms with Crippen molar-refractivity contribution in [3.63, 3.8) is 0 Å². The average Bonchev–Trinajstić information content (AvgIpc) is 2.53. The molecule has 2 rings (SSSR count). The molecule has 0 aromatic heterocycles. The summed E-state index contributed by atoms with van der Waals surface area (Å²) in [5.74, 6) is 0.711. The Morgan fingerprint density at radius 2 is 2.00 bits per heavy atom. The van der Waals surface area contributed by atoms with Crippen LogP contribution in [0.5, 0.6) is 0 Å². The molecule has 1 aliphatic rings. The van der Waals surface area contributed by atoms with Crippen molar-refractivity contribution < 1.29 is 0 Å². The van der Waals surface area contributed by atoms with Gasteiger partial charge in [0.25, 0.3) is 0 Å². The Balaban J connectivity index is 2.21. The fourth-order valence-electron chi connectivity index (χ4n) is 2.11. The second-order valence-electron chi connectivity index (χ2n) is 3.79. The van der Waals surface area contributed by atoms with Crippen molar-refractivity contribution in [2.45, 2.75) is 31.2 Å². The first-order chi connectivity index (χ1) is 6.27. The molecule has 2 N–H and O–H groups in total. The van der Waals surface area contributed by atoms with Crippen LogP contribution < -0.4 is 5.73 Å². The average molecular weight is 287 g/mol. The van der Waals surface area contributed by atoms with E-state index in [1.807, 2.05) is 0 Å². The predicted octanol–water partition coefficient (Wildman–Crippen LogP) is 2.89. The second kappa shape index (κ2) is 3.96. The third-order valence-electron chi connectivity index (χ3n) is 2.82. The predicted molar refractivity (Wildman–Crippen MR) is 63.7 cm³/mol. The lowest BCUT2D eigenvalue weighted by molar-refractivity contribution is 0.673. The van der Waals surface area contributed by atoms with Gasteiger partial charge < -0.3 is 5.73 Å². The van der Waals surface area contributed by atoms with Gasteiger partial charge in [-0.1, -0.05) is 18.2 Å². The monoisotopic (exact) mass is 287 g/mol. The Morgan fingerprint density at radius 1 is 1.23 bits per heavy atom. The first-order valence-electron chi connectivity index (χ1n) is 4.77. The maximum absolute atomic E-state index is 5.91. The zero-order valence-corrected chi connectivity index (χ0v) is 9.70. The smallest absolute Gasteiger partial charge is 0.0165 e. The topological polar surface area (TPSA) is 26.0 Å². The maximum Gasteiger partial charge on any atom is 0.0165 e. The summed E-state index contributed by atoms with van der Waals surface area (Å²) in [5, 5.41) is 0. The van der Waals surface area contributed by atoms with Gasteiger partial charge in [-0.3, -0.25) is 0 Å². The summed E-state index contributed by atoms with van der Waals surface area (Å²) < 4.78 is 1.39. The fraction of sp³-hybridized carbons (Fsp3) is 0.455. The molecule has 0 radical (unpaired) electrons. The quantitative estimate of drug-likeness (QED) is 0.790. The maximum atomic E-state index is 5.91. The highest BCUT2D eigenvalue weighted by atomic mass is 127. The minimum atomic E-state index is 0.431. The van der Waals surface area contributed by atoms with Crippen LogP contribution in [-0.2, 0) is 0 Å². The molecule has 1 aliphatic carbocycles. The lowest BCUT2D eigenvalue weighted by Gasteiger charge is -2.11. The Morgan fingerprint density at radius 3 is 2.62 bits per heavy atom. The highest BCUT2D eigenvalue weighted by Crippen LogP contribution is 2.35. The summed E-state index contributed by atoms with van der Waals surface area (Å²) in [6.07, 6.45) is 3.62. The standard InChI is InChI=1S/C11H14IN/c12-11-4-2-1-3-10(11)8-5-6-9(13)7-8/h1-4,8-9H,5-7,13H2/t8-,9+/m0/s1. The molecule has 0 amide bonds. The van der Waals surface area contributed by atoms with E-state index in [0.717, 1.165) is 0 Å². The molecular formula is C11H14IN. The van der Waals surface area contributed by atoms with E-state index in [9.17, 15) is 0 Å². The third kappa shape index (κ3) is 2.05. The third-order valence-corrected chi connectivity index (χ3v) is 3.80. The minimum absolute atomic E-state index is 0.431. The number of hydrogen-bond donors (Lipinski definition) is 1. The number of halogens is 1. The van der Waals surface area contributed by atoms with Gasteiger partial charge in [-0.2, -0.15) is 0 Å². The van der Waals surface area contributed by atoms with Crippen LogP contribution in [0.2, 0.25) is 0 Å². The number of benzene rings is 1. The Labute approximate surface area is 92.9 Å². The summed E-state index contributed by atoms with van der Waals surface area (Å²) >= 11 is 2.42. The Bertz CT molecular complexity index is 298. The van der Waals surface area contributed by atoms with Crippen molar-refractivity contribution in [2.24, 2.45) is 5.73 Å². The van der Waals surface area contributed by atoms with Crippen molar-refractivity contribution in [3.05, 3.63) is 33.4 Å². The van der Waals surface area contributed by atoms with Gasteiger partial charge in [0, 0.05) is 9.61 Å². The molecule has 2 heteroatoms. The van der Waals surface area contributed by atoms with Crippen LogP contribution in [0.25, 0.3) is 0 Å². The molecule has 0 heterocycles. The molecule has 70 valence electrons. The van der Waals surface area contributed by atoms with E-state index in [1.165, 1.54) is 28.4 Å². The first-order valence-corrected chi connectivity index (χ1v) is 5.85. The molecule has 2 atom stereocenters. The molecule has 0 aliphatic heterocycles. The van der Waals surface area contributed by atoms with Crippen LogP contribution in [-0.4, -0.2) is 6.04 Å². The molecule has 0 saturated heterocycles. The molecule has 1 aromatic rings. The van der Waals surface area contributed by atoms with E-state index >= 15 is 0 Å². The minimum Gasteiger partial charge on any atom is -0.328 e. The van der Waals surface area contributed by atoms with Crippen molar-refractivity contribution in [1.82, 2.24) is 0 Å². The van der Waals surface area contributed by atoms with Gasteiger partial charge in [-0.05, 0) is 59.4 Å². The highest BCUT2D eigenvalue weighted by Gasteiger charge is 2.24. The van der Waals surface area contributed by atoms with Crippen molar-refractivity contribution in [2.75, 3.05) is 0 Å². The van der Waals surface area contributed by atoms with Gasteiger partial charge in [0.15, 0.2) is 0 Å². The van der Waals surface area contributed by atoms with Crippen molar-refractivity contribution in [3.8, 4) is 0 Å². The normalized spacial score (nSPS) is 27.8. The van der Waals surface area contributed by atoms with E-state index in [0.29, 0.717) is 12.0 Å². The molecular weight excluding hydrogens is 273 g/mol. The van der Waals surface area contributed by atoms with Gasteiger partial charge in [-0.15, -0.1) is 0 Å². The fourth-order valence-corrected chi connectivity index (χ4v) is 2.93. The van der Waals surface area contributed by atoms with Crippen LogP contribution in [0.4, 0.5) is 0 Å². The Hall–Kier alpha value is -0.0900.